The summed E-state index contributed by atoms with van der Waals surface area (Å²) in [5.41, 5.74) is 3.05. The van der Waals surface area contributed by atoms with Crippen molar-refractivity contribution in [2.24, 2.45) is 17.8 Å². The maximum atomic E-state index is 11.7. The number of hydrogen-bond acceptors (Lipinski definition) is 1. The van der Waals surface area contributed by atoms with Crippen LogP contribution in [0, 0.1) is 17.8 Å². The van der Waals surface area contributed by atoms with Gasteiger partial charge in [0.1, 0.15) is 0 Å². The second-order valence-electron chi connectivity index (χ2n) is 5.13. The summed E-state index contributed by atoms with van der Waals surface area (Å²) in [5.74, 6) is 1.78. The largest absolute Gasteiger partial charge is 0.298 e. The van der Waals surface area contributed by atoms with E-state index in [2.05, 4.69) is 41.9 Å². The van der Waals surface area contributed by atoms with Crippen LogP contribution in [0.1, 0.15) is 33.1 Å². The first kappa shape index (κ1) is 12.1. The molecule has 0 radical (unpaired) electrons. The molecule has 1 nitrogen and oxygen atoms in total. The van der Waals surface area contributed by atoms with Crippen molar-refractivity contribution in [1.29, 1.82) is 0 Å². The minimum Gasteiger partial charge on any atom is -0.298 e. The van der Waals surface area contributed by atoms with Gasteiger partial charge in [-0.25, -0.2) is 0 Å². The number of Topliss-reactive ketones (excluding diaryl/α,β-unsaturated/α-hetero) is 1. The minimum atomic E-state index is 0.117. The molecule has 0 spiro atoms. The number of carbonyl (C=O) groups excluding carboxylic acids is 1. The average molecular weight is 283 g/mol. The van der Waals surface area contributed by atoms with Gasteiger partial charge < -0.3 is 0 Å². The molecule has 3 atom stereocenters. The summed E-state index contributed by atoms with van der Waals surface area (Å²) in [6.45, 7) is 4.61. The van der Waals surface area contributed by atoms with Gasteiger partial charge in [0.05, 0.1) is 5.33 Å². The quantitative estimate of drug-likeness (QED) is 0.703. The van der Waals surface area contributed by atoms with E-state index in [0.717, 1.165) is 6.42 Å². The number of carbonyl (C=O) groups is 1. The van der Waals surface area contributed by atoms with E-state index in [4.69, 9.17) is 0 Å². The molecule has 2 rings (SSSR count). The second kappa shape index (κ2) is 4.87. The first-order valence-electron chi connectivity index (χ1n) is 6.13. The maximum Gasteiger partial charge on any atom is 0.150 e. The molecule has 0 aromatic heterocycles. The van der Waals surface area contributed by atoms with Crippen LogP contribution in [0.15, 0.2) is 23.3 Å². The highest BCUT2D eigenvalue weighted by Gasteiger charge is 2.29. The lowest BCUT2D eigenvalue weighted by Gasteiger charge is -2.33. The fraction of sp³-hybridized carbons (Fsp3) is 0.643. The van der Waals surface area contributed by atoms with Crippen molar-refractivity contribution < 1.29 is 4.79 Å². The third-order valence-corrected chi connectivity index (χ3v) is 4.58. The summed E-state index contributed by atoms with van der Waals surface area (Å²) < 4.78 is 0. The lowest BCUT2D eigenvalue weighted by atomic mass is 9.72. The van der Waals surface area contributed by atoms with Gasteiger partial charge >= 0.3 is 0 Å². The summed E-state index contributed by atoms with van der Waals surface area (Å²) >= 11 is 3.27. The molecule has 0 aromatic carbocycles. The lowest BCUT2D eigenvalue weighted by Crippen LogP contribution is -2.24. The van der Waals surface area contributed by atoms with Crippen molar-refractivity contribution >= 4 is 21.7 Å². The summed E-state index contributed by atoms with van der Waals surface area (Å²) in [4.78, 5) is 11.7. The van der Waals surface area contributed by atoms with Gasteiger partial charge in [0.2, 0.25) is 0 Å². The highest BCUT2D eigenvalue weighted by atomic mass is 79.9. The van der Waals surface area contributed by atoms with Crippen LogP contribution in [-0.2, 0) is 4.79 Å². The molecule has 2 aliphatic rings. The monoisotopic (exact) mass is 282 g/mol. The van der Waals surface area contributed by atoms with Crippen LogP contribution in [0.3, 0.4) is 0 Å². The molecular weight excluding hydrogens is 264 g/mol. The zero-order valence-electron chi connectivity index (χ0n) is 10.0. The Labute approximate surface area is 106 Å². The lowest BCUT2D eigenvalue weighted by molar-refractivity contribution is -0.118. The molecule has 0 saturated carbocycles. The van der Waals surface area contributed by atoms with Gasteiger partial charge in [-0.3, -0.25) is 4.79 Å². The van der Waals surface area contributed by atoms with Gasteiger partial charge in [0.15, 0.2) is 5.78 Å². The summed E-state index contributed by atoms with van der Waals surface area (Å²) in [7, 11) is 0. The fourth-order valence-electron chi connectivity index (χ4n) is 2.87. The van der Waals surface area contributed by atoms with E-state index in [-0.39, 0.29) is 5.92 Å². The molecular formula is C14H19BrO. The number of halogens is 1. The Kier molecular flexibility index (Phi) is 3.68. The standard InChI is InChI=1S/C14H19BrO/c1-9-3-4-10(2)13-7-11(14(16)8-15)5-6-12(9)13/h5-6,9-11H,3-4,7-8H2,1-2H3. The summed E-state index contributed by atoms with van der Waals surface area (Å²) in [6.07, 6.45) is 7.85. The first-order chi connectivity index (χ1) is 7.63. The van der Waals surface area contributed by atoms with Gasteiger partial charge in [-0.1, -0.05) is 47.5 Å². The van der Waals surface area contributed by atoms with E-state index < -0.39 is 0 Å². The van der Waals surface area contributed by atoms with Crippen LogP contribution in [0.5, 0.6) is 0 Å². The number of rotatable bonds is 2. The Hall–Kier alpha value is -0.370. The van der Waals surface area contributed by atoms with E-state index in [1.165, 1.54) is 18.4 Å². The Morgan fingerprint density at radius 3 is 2.75 bits per heavy atom. The van der Waals surface area contributed by atoms with Gasteiger partial charge in [-0.2, -0.15) is 0 Å². The van der Waals surface area contributed by atoms with Crippen LogP contribution in [-0.4, -0.2) is 11.1 Å². The van der Waals surface area contributed by atoms with E-state index in [1.807, 2.05) is 0 Å². The normalized spacial score (nSPS) is 33.8. The van der Waals surface area contributed by atoms with Crippen molar-refractivity contribution in [1.82, 2.24) is 0 Å². The van der Waals surface area contributed by atoms with Gasteiger partial charge in [-0.15, -0.1) is 0 Å². The minimum absolute atomic E-state index is 0.117. The molecule has 0 bridgehead atoms. The van der Waals surface area contributed by atoms with Crippen molar-refractivity contribution in [3.8, 4) is 0 Å². The molecule has 0 amide bonds. The van der Waals surface area contributed by atoms with E-state index >= 15 is 0 Å². The zero-order chi connectivity index (χ0) is 11.7. The SMILES string of the molecule is CC1CCC(C)C2=C1C=CC(C(=O)CBr)C2. The number of alkyl halides is 1. The Bertz CT molecular complexity index is 354. The van der Waals surface area contributed by atoms with Crippen LogP contribution < -0.4 is 0 Å². The van der Waals surface area contributed by atoms with Crippen LogP contribution in [0.2, 0.25) is 0 Å². The number of hydrogen-bond donors (Lipinski definition) is 0. The Balaban J connectivity index is 2.22. The molecule has 3 unspecified atom stereocenters. The Morgan fingerprint density at radius 2 is 2.06 bits per heavy atom. The fourth-order valence-corrected chi connectivity index (χ4v) is 3.28. The summed E-state index contributed by atoms with van der Waals surface area (Å²) in [6, 6.07) is 0. The predicted octanol–water partition coefficient (Wildman–Crippen LogP) is 3.89. The highest BCUT2D eigenvalue weighted by molar-refractivity contribution is 9.09. The van der Waals surface area contributed by atoms with Gasteiger partial charge in [0, 0.05) is 5.92 Å². The molecule has 0 aliphatic heterocycles. The van der Waals surface area contributed by atoms with Gasteiger partial charge in [-0.05, 0) is 36.7 Å². The van der Waals surface area contributed by atoms with Crippen molar-refractivity contribution in [3.63, 3.8) is 0 Å². The molecule has 0 aromatic rings. The third kappa shape index (κ3) is 2.17. The Morgan fingerprint density at radius 1 is 1.38 bits per heavy atom. The number of ketones is 1. The molecule has 88 valence electrons. The molecule has 2 heteroatoms. The maximum absolute atomic E-state index is 11.7. The predicted molar refractivity (Wildman–Crippen MR) is 70.6 cm³/mol. The molecule has 2 aliphatic carbocycles. The highest BCUT2D eigenvalue weighted by Crippen LogP contribution is 2.40. The van der Waals surface area contributed by atoms with Crippen molar-refractivity contribution in [3.05, 3.63) is 23.3 Å². The average Bonchev–Trinajstić information content (AvgIpc) is 2.32. The van der Waals surface area contributed by atoms with Crippen molar-refractivity contribution in [2.75, 3.05) is 5.33 Å². The van der Waals surface area contributed by atoms with Crippen LogP contribution in [0.25, 0.3) is 0 Å². The smallest absolute Gasteiger partial charge is 0.150 e. The summed E-state index contributed by atoms with van der Waals surface area (Å²) in [5, 5.41) is 0.481. The molecule has 16 heavy (non-hydrogen) atoms. The molecule has 0 heterocycles. The van der Waals surface area contributed by atoms with Crippen LogP contribution in [0.4, 0.5) is 0 Å². The third-order valence-electron chi connectivity index (χ3n) is 4.02. The van der Waals surface area contributed by atoms with Gasteiger partial charge in [0.25, 0.3) is 0 Å². The second-order valence-corrected chi connectivity index (χ2v) is 5.69. The molecule has 0 saturated heterocycles. The molecule has 0 fully saturated rings. The zero-order valence-corrected chi connectivity index (χ0v) is 11.6. The number of allylic oxidation sites excluding steroid dienone is 4. The topological polar surface area (TPSA) is 17.1 Å². The van der Waals surface area contributed by atoms with Crippen LogP contribution >= 0.6 is 15.9 Å². The van der Waals surface area contributed by atoms with E-state index in [9.17, 15) is 4.79 Å². The molecule has 0 N–H and O–H groups in total. The van der Waals surface area contributed by atoms with Crippen molar-refractivity contribution in [2.45, 2.75) is 33.1 Å². The van der Waals surface area contributed by atoms with E-state index in [0.29, 0.717) is 22.9 Å². The first-order valence-corrected chi connectivity index (χ1v) is 7.25. The van der Waals surface area contributed by atoms with E-state index in [1.54, 1.807) is 5.57 Å².